The van der Waals surface area contributed by atoms with Gasteiger partial charge in [0, 0.05) is 15.5 Å². The van der Waals surface area contributed by atoms with Crippen molar-refractivity contribution in [1.82, 2.24) is 9.97 Å². The lowest BCUT2D eigenvalue weighted by Crippen LogP contribution is -1.76. The number of halogens is 1. The second-order valence-corrected chi connectivity index (χ2v) is 5.84. The van der Waals surface area contributed by atoms with Crippen LogP contribution in [0.3, 0.4) is 0 Å². The van der Waals surface area contributed by atoms with Crippen molar-refractivity contribution in [2.45, 2.75) is 13.8 Å². The molecule has 0 aliphatic carbocycles. The van der Waals surface area contributed by atoms with Gasteiger partial charge < -0.3 is 4.42 Å². The van der Waals surface area contributed by atoms with E-state index in [-0.39, 0.29) is 0 Å². The van der Waals surface area contributed by atoms with E-state index in [1.165, 1.54) is 4.88 Å². The van der Waals surface area contributed by atoms with Gasteiger partial charge in [-0.2, -0.15) is 0 Å². The first-order chi connectivity index (χ1) is 9.13. The number of benzene rings is 1. The van der Waals surface area contributed by atoms with Crippen LogP contribution in [0.15, 0.2) is 34.9 Å². The molecular formula is C14H11ClN2OS. The number of aryl methyl sites for hydroxylation is 2. The monoisotopic (exact) mass is 290 g/mol. The zero-order valence-electron chi connectivity index (χ0n) is 10.5. The molecule has 0 unspecified atom stereocenters. The summed E-state index contributed by atoms with van der Waals surface area (Å²) in [7, 11) is 0. The molecule has 2 heterocycles. The first kappa shape index (κ1) is 12.4. The van der Waals surface area contributed by atoms with Crippen LogP contribution in [0, 0.1) is 13.8 Å². The minimum absolute atomic E-state index is 0.561. The maximum absolute atomic E-state index is 5.87. The SMILES string of the molecule is Cc1nc(-c2ncc(-c3ccc(Cl)cc3)o2)sc1C. The van der Waals surface area contributed by atoms with Gasteiger partial charge in [-0.25, -0.2) is 9.97 Å². The van der Waals surface area contributed by atoms with Gasteiger partial charge in [0.25, 0.3) is 5.89 Å². The van der Waals surface area contributed by atoms with Crippen LogP contribution in [-0.2, 0) is 0 Å². The maximum Gasteiger partial charge on any atom is 0.256 e. The van der Waals surface area contributed by atoms with Crippen molar-refractivity contribution in [3.8, 4) is 22.2 Å². The van der Waals surface area contributed by atoms with Gasteiger partial charge in [0.2, 0.25) is 0 Å². The fourth-order valence-corrected chi connectivity index (χ4v) is 2.66. The molecule has 0 radical (unpaired) electrons. The lowest BCUT2D eigenvalue weighted by molar-refractivity contribution is 0.588. The van der Waals surface area contributed by atoms with Gasteiger partial charge >= 0.3 is 0 Å². The van der Waals surface area contributed by atoms with E-state index in [9.17, 15) is 0 Å². The van der Waals surface area contributed by atoms with Crippen molar-refractivity contribution < 1.29 is 4.42 Å². The van der Waals surface area contributed by atoms with E-state index < -0.39 is 0 Å². The zero-order chi connectivity index (χ0) is 13.4. The Labute approximate surface area is 119 Å². The van der Waals surface area contributed by atoms with Crippen molar-refractivity contribution in [2.24, 2.45) is 0 Å². The number of hydrogen-bond acceptors (Lipinski definition) is 4. The summed E-state index contributed by atoms with van der Waals surface area (Å²) in [5.74, 6) is 1.28. The molecule has 19 heavy (non-hydrogen) atoms. The molecule has 0 saturated carbocycles. The summed E-state index contributed by atoms with van der Waals surface area (Å²) in [6.07, 6.45) is 1.71. The Bertz CT molecular complexity index is 696. The fourth-order valence-electron chi connectivity index (χ4n) is 1.68. The van der Waals surface area contributed by atoms with Gasteiger partial charge in [-0.15, -0.1) is 11.3 Å². The van der Waals surface area contributed by atoms with Crippen molar-refractivity contribution in [3.05, 3.63) is 46.1 Å². The molecule has 1 aromatic carbocycles. The second-order valence-electron chi connectivity index (χ2n) is 4.20. The molecule has 3 rings (SSSR count). The van der Waals surface area contributed by atoms with E-state index >= 15 is 0 Å². The summed E-state index contributed by atoms with van der Waals surface area (Å²) in [5.41, 5.74) is 1.97. The van der Waals surface area contributed by atoms with Crippen molar-refractivity contribution >= 4 is 22.9 Å². The summed E-state index contributed by atoms with van der Waals surface area (Å²) in [4.78, 5) is 9.91. The van der Waals surface area contributed by atoms with E-state index in [1.54, 1.807) is 17.5 Å². The van der Waals surface area contributed by atoms with Crippen LogP contribution in [0.1, 0.15) is 10.6 Å². The van der Waals surface area contributed by atoms with Crippen LogP contribution in [0.4, 0.5) is 0 Å². The Morgan fingerprint density at radius 1 is 1.16 bits per heavy atom. The molecule has 3 nitrogen and oxygen atoms in total. The first-order valence-electron chi connectivity index (χ1n) is 5.79. The third-order valence-corrected chi connectivity index (χ3v) is 4.16. The summed E-state index contributed by atoms with van der Waals surface area (Å²) in [6, 6.07) is 7.48. The minimum Gasteiger partial charge on any atom is -0.434 e. The van der Waals surface area contributed by atoms with Crippen molar-refractivity contribution in [2.75, 3.05) is 0 Å². The average Bonchev–Trinajstić information content (AvgIpc) is 2.99. The topological polar surface area (TPSA) is 38.9 Å². The quantitative estimate of drug-likeness (QED) is 0.684. The average molecular weight is 291 g/mol. The lowest BCUT2D eigenvalue weighted by atomic mass is 10.2. The predicted molar refractivity (Wildman–Crippen MR) is 77.5 cm³/mol. The van der Waals surface area contributed by atoms with Crippen LogP contribution in [0.5, 0.6) is 0 Å². The number of hydrogen-bond donors (Lipinski definition) is 0. The lowest BCUT2D eigenvalue weighted by Gasteiger charge is -1.95. The third kappa shape index (κ3) is 2.41. The zero-order valence-corrected chi connectivity index (χ0v) is 12.0. The van der Waals surface area contributed by atoms with Crippen LogP contribution in [-0.4, -0.2) is 9.97 Å². The molecule has 0 N–H and O–H groups in total. The maximum atomic E-state index is 5.87. The molecule has 0 bridgehead atoms. The van der Waals surface area contributed by atoms with Crippen LogP contribution < -0.4 is 0 Å². The molecule has 3 aromatic rings. The summed E-state index contributed by atoms with van der Waals surface area (Å²) >= 11 is 7.46. The van der Waals surface area contributed by atoms with E-state index in [0.717, 1.165) is 22.0 Å². The minimum atomic E-state index is 0.561. The van der Waals surface area contributed by atoms with Crippen LogP contribution in [0.25, 0.3) is 22.2 Å². The Balaban J connectivity index is 1.97. The molecule has 0 amide bonds. The van der Waals surface area contributed by atoms with Gasteiger partial charge in [-0.1, -0.05) is 11.6 Å². The highest BCUT2D eigenvalue weighted by Crippen LogP contribution is 2.30. The Kier molecular flexibility index (Phi) is 3.12. The number of rotatable bonds is 2. The first-order valence-corrected chi connectivity index (χ1v) is 6.99. The standard InChI is InChI=1S/C14H11ClN2OS/c1-8-9(2)19-14(17-8)13-16-7-12(18-13)10-3-5-11(15)6-4-10/h3-7H,1-2H3. The largest absolute Gasteiger partial charge is 0.434 e. The van der Waals surface area contributed by atoms with Gasteiger partial charge in [0.05, 0.1) is 11.9 Å². The molecule has 0 atom stereocenters. The summed E-state index contributed by atoms with van der Waals surface area (Å²) < 4.78 is 5.76. The van der Waals surface area contributed by atoms with Gasteiger partial charge in [-0.05, 0) is 38.1 Å². The highest BCUT2D eigenvalue weighted by molar-refractivity contribution is 7.15. The summed E-state index contributed by atoms with van der Waals surface area (Å²) in [5, 5.41) is 1.52. The van der Waals surface area contributed by atoms with Gasteiger partial charge in [-0.3, -0.25) is 0 Å². The Hall–Kier alpha value is -1.65. The molecule has 0 fully saturated rings. The highest BCUT2D eigenvalue weighted by atomic mass is 35.5. The van der Waals surface area contributed by atoms with E-state index in [4.69, 9.17) is 16.0 Å². The highest BCUT2D eigenvalue weighted by Gasteiger charge is 2.13. The number of aromatic nitrogens is 2. The molecular weight excluding hydrogens is 280 g/mol. The van der Waals surface area contributed by atoms with E-state index in [0.29, 0.717) is 10.9 Å². The fraction of sp³-hybridized carbons (Fsp3) is 0.143. The van der Waals surface area contributed by atoms with E-state index in [1.807, 2.05) is 38.1 Å². The van der Waals surface area contributed by atoms with Gasteiger partial charge in [0.1, 0.15) is 0 Å². The Morgan fingerprint density at radius 3 is 2.53 bits per heavy atom. The molecule has 0 spiro atoms. The third-order valence-electron chi connectivity index (χ3n) is 2.85. The summed E-state index contributed by atoms with van der Waals surface area (Å²) in [6.45, 7) is 4.03. The number of nitrogens with zero attached hydrogens (tertiary/aromatic N) is 2. The van der Waals surface area contributed by atoms with Crippen molar-refractivity contribution in [1.29, 1.82) is 0 Å². The Morgan fingerprint density at radius 2 is 1.89 bits per heavy atom. The number of thiazole rings is 1. The molecule has 96 valence electrons. The molecule has 2 aromatic heterocycles. The number of oxazole rings is 1. The normalized spacial score (nSPS) is 10.9. The molecule has 5 heteroatoms. The van der Waals surface area contributed by atoms with E-state index in [2.05, 4.69) is 9.97 Å². The second kappa shape index (κ2) is 4.79. The van der Waals surface area contributed by atoms with Crippen molar-refractivity contribution in [3.63, 3.8) is 0 Å². The molecule has 0 saturated heterocycles. The smallest absolute Gasteiger partial charge is 0.256 e. The van der Waals surface area contributed by atoms with Crippen LogP contribution in [0.2, 0.25) is 5.02 Å². The molecule has 0 aliphatic rings. The van der Waals surface area contributed by atoms with Crippen LogP contribution >= 0.6 is 22.9 Å². The predicted octanol–water partition coefficient (Wildman–Crippen LogP) is 4.74. The molecule has 0 aliphatic heterocycles. The van der Waals surface area contributed by atoms with Gasteiger partial charge in [0.15, 0.2) is 10.8 Å².